The first-order valence-corrected chi connectivity index (χ1v) is 20.7. The molecule has 0 aliphatic rings. The molecule has 0 atom stereocenters. The lowest BCUT2D eigenvalue weighted by molar-refractivity contribution is 1.59. The van der Waals surface area contributed by atoms with Gasteiger partial charge in [-0.2, -0.15) is 0 Å². The summed E-state index contributed by atoms with van der Waals surface area (Å²) >= 11 is 0. The van der Waals surface area contributed by atoms with E-state index in [0.717, 1.165) is 0 Å². The standard InChI is InChI=1S/C60H40/c1-5-13-41(14-6-1)45-21-23-48(24-22-45)52-34-36-56-55-35-33-51(44-19-11-4-12-20-44)39-57(55)59-53(49-29-25-46(26-30-49)42-15-7-2-8-16-42)37-38-54(60(59)58(56)40-52)50-31-27-47(28-32-50)43-17-9-3-10-18-43/h1-40H. The SMILES string of the molecule is c1ccc(-c2ccc(-c3ccc4c5ccc(-c6ccccc6)cc5c5c(-c6ccc(-c7ccccc7)cc6)ccc(-c6ccc(-c7ccccc7)cc6)c5c4c3)cc2)cc1. The van der Waals surface area contributed by atoms with Gasteiger partial charge >= 0.3 is 0 Å². The molecule has 0 fully saturated rings. The Morgan fingerprint density at radius 3 is 0.700 bits per heavy atom. The highest BCUT2D eigenvalue weighted by Gasteiger charge is 2.19. The first-order valence-electron chi connectivity index (χ1n) is 20.7. The number of rotatable bonds is 7. The molecule has 0 N–H and O–H groups in total. The first-order chi connectivity index (χ1) is 29.7. The maximum absolute atomic E-state index is 2.43. The second kappa shape index (κ2) is 15.2. The Labute approximate surface area is 351 Å². The fourth-order valence-corrected chi connectivity index (χ4v) is 9.04. The van der Waals surface area contributed by atoms with Crippen molar-refractivity contribution in [1.82, 2.24) is 0 Å². The van der Waals surface area contributed by atoms with Crippen LogP contribution >= 0.6 is 0 Å². The minimum absolute atomic E-state index is 1.20. The van der Waals surface area contributed by atoms with Gasteiger partial charge in [-0.05, 0) is 122 Å². The molecular weight excluding hydrogens is 721 g/mol. The highest BCUT2D eigenvalue weighted by molar-refractivity contribution is 6.32. The van der Waals surface area contributed by atoms with E-state index < -0.39 is 0 Å². The molecule has 0 aliphatic carbocycles. The van der Waals surface area contributed by atoms with E-state index in [4.69, 9.17) is 0 Å². The second-order valence-corrected chi connectivity index (χ2v) is 15.6. The minimum atomic E-state index is 1.20. The third-order valence-corrected chi connectivity index (χ3v) is 12.1. The highest BCUT2D eigenvalue weighted by atomic mass is 14.2. The third kappa shape index (κ3) is 6.46. The zero-order chi connectivity index (χ0) is 39.8. The Bertz CT molecular complexity index is 3280. The molecule has 0 aliphatic heterocycles. The molecule has 0 aromatic heterocycles. The van der Waals surface area contributed by atoms with Gasteiger partial charge in [0.2, 0.25) is 0 Å². The van der Waals surface area contributed by atoms with Crippen LogP contribution in [0, 0.1) is 0 Å². The molecule has 11 aromatic carbocycles. The van der Waals surface area contributed by atoms with Crippen molar-refractivity contribution in [3.8, 4) is 77.9 Å². The van der Waals surface area contributed by atoms with Crippen molar-refractivity contribution in [2.24, 2.45) is 0 Å². The fourth-order valence-electron chi connectivity index (χ4n) is 9.04. The third-order valence-electron chi connectivity index (χ3n) is 12.1. The first kappa shape index (κ1) is 35.4. The van der Waals surface area contributed by atoms with E-state index in [2.05, 4.69) is 243 Å². The lowest BCUT2D eigenvalue weighted by Gasteiger charge is -2.20. The summed E-state index contributed by atoms with van der Waals surface area (Å²) in [5.74, 6) is 0. The van der Waals surface area contributed by atoms with Crippen LogP contribution in [0.15, 0.2) is 243 Å². The Kier molecular flexibility index (Phi) is 8.95. The maximum atomic E-state index is 2.43. The molecule has 11 rings (SSSR count). The number of hydrogen-bond donors (Lipinski definition) is 0. The summed E-state index contributed by atoms with van der Waals surface area (Å²) < 4.78 is 0. The second-order valence-electron chi connectivity index (χ2n) is 15.6. The van der Waals surface area contributed by atoms with Gasteiger partial charge in [0.15, 0.2) is 0 Å². The van der Waals surface area contributed by atoms with Gasteiger partial charge < -0.3 is 0 Å². The van der Waals surface area contributed by atoms with E-state index in [1.54, 1.807) is 0 Å². The van der Waals surface area contributed by atoms with Crippen molar-refractivity contribution in [2.45, 2.75) is 0 Å². The average Bonchev–Trinajstić information content (AvgIpc) is 3.34. The van der Waals surface area contributed by atoms with Crippen LogP contribution in [0.1, 0.15) is 0 Å². The predicted octanol–water partition coefficient (Wildman–Crippen LogP) is 16.8. The van der Waals surface area contributed by atoms with Gasteiger partial charge in [-0.3, -0.25) is 0 Å². The molecule has 0 spiro atoms. The largest absolute Gasteiger partial charge is 0.0622 e. The van der Waals surface area contributed by atoms with Crippen molar-refractivity contribution in [3.05, 3.63) is 243 Å². The van der Waals surface area contributed by atoms with Crippen LogP contribution < -0.4 is 0 Å². The molecule has 11 aromatic rings. The van der Waals surface area contributed by atoms with E-state index in [0.29, 0.717) is 0 Å². The van der Waals surface area contributed by atoms with Crippen LogP contribution in [0.4, 0.5) is 0 Å². The number of fused-ring (bicyclic) bond motifs is 6. The van der Waals surface area contributed by atoms with Crippen LogP contribution in [0.3, 0.4) is 0 Å². The molecule has 0 unspecified atom stereocenters. The van der Waals surface area contributed by atoms with Gasteiger partial charge in [0, 0.05) is 0 Å². The number of hydrogen-bond acceptors (Lipinski definition) is 0. The van der Waals surface area contributed by atoms with Crippen LogP contribution in [-0.4, -0.2) is 0 Å². The maximum Gasteiger partial charge on any atom is -0.00139 e. The lowest BCUT2D eigenvalue weighted by Crippen LogP contribution is -1.92. The van der Waals surface area contributed by atoms with Gasteiger partial charge in [-0.1, -0.05) is 231 Å². The zero-order valence-electron chi connectivity index (χ0n) is 33.1. The van der Waals surface area contributed by atoms with Crippen LogP contribution in [0.25, 0.3) is 110 Å². The Balaban J connectivity index is 1.19. The van der Waals surface area contributed by atoms with Gasteiger partial charge in [0.1, 0.15) is 0 Å². The summed E-state index contributed by atoms with van der Waals surface area (Å²) in [5.41, 5.74) is 17.0. The Morgan fingerprint density at radius 2 is 0.383 bits per heavy atom. The molecule has 280 valence electrons. The van der Waals surface area contributed by atoms with Crippen LogP contribution in [0.2, 0.25) is 0 Å². The van der Waals surface area contributed by atoms with Crippen LogP contribution in [0.5, 0.6) is 0 Å². The average molecular weight is 761 g/mol. The van der Waals surface area contributed by atoms with E-state index in [1.807, 2.05) is 0 Å². The molecule has 0 radical (unpaired) electrons. The van der Waals surface area contributed by atoms with Gasteiger partial charge in [-0.15, -0.1) is 0 Å². The topological polar surface area (TPSA) is 0 Å². The molecule has 0 heterocycles. The van der Waals surface area contributed by atoms with Crippen molar-refractivity contribution in [1.29, 1.82) is 0 Å². The van der Waals surface area contributed by atoms with E-state index >= 15 is 0 Å². The van der Waals surface area contributed by atoms with Gasteiger partial charge in [0.05, 0.1) is 0 Å². The predicted molar refractivity (Wildman–Crippen MR) is 257 cm³/mol. The summed E-state index contributed by atoms with van der Waals surface area (Å²) in [5, 5.41) is 7.54. The molecule has 0 saturated carbocycles. The molecule has 60 heavy (non-hydrogen) atoms. The Hall–Kier alpha value is -7.80. The minimum Gasteiger partial charge on any atom is -0.0622 e. The summed E-state index contributed by atoms with van der Waals surface area (Å²) in [6.07, 6.45) is 0. The van der Waals surface area contributed by atoms with E-state index in [9.17, 15) is 0 Å². The normalized spacial score (nSPS) is 11.3. The summed E-state index contributed by atoms with van der Waals surface area (Å²) in [6.45, 7) is 0. The monoisotopic (exact) mass is 760 g/mol. The van der Waals surface area contributed by atoms with Crippen molar-refractivity contribution in [2.75, 3.05) is 0 Å². The smallest absolute Gasteiger partial charge is 0.00139 e. The summed E-state index contributed by atoms with van der Waals surface area (Å²) in [6, 6.07) is 88.8. The summed E-state index contributed by atoms with van der Waals surface area (Å²) in [7, 11) is 0. The van der Waals surface area contributed by atoms with Crippen molar-refractivity contribution in [3.63, 3.8) is 0 Å². The molecule has 0 nitrogen and oxygen atoms in total. The van der Waals surface area contributed by atoms with E-state index in [-0.39, 0.29) is 0 Å². The van der Waals surface area contributed by atoms with Gasteiger partial charge in [0.25, 0.3) is 0 Å². The lowest BCUT2D eigenvalue weighted by atomic mass is 9.83. The number of benzene rings is 11. The molecule has 0 saturated heterocycles. The van der Waals surface area contributed by atoms with E-state index in [1.165, 1.54) is 110 Å². The molecule has 0 heteroatoms. The Morgan fingerprint density at radius 1 is 0.150 bits per heavy atom. The summed E-state index contributed by atoms with van der Waals surface area (Å²) in [4.78, 5) is 0. The van der Waals surface area contributed by atoms with Crippen molar-refractivity contribution >= 4 is 32.3 Å². The molecule has 0 amide bonds. The van der Waals surface area contributed by atoms with Crippen molar-refractivity contribution < 1.29 is 0 Å². The fraction of sp³-hybridized carbons (Fsp3) is 0. The quantitative estimate of drug-likeness (QED) is 0.142. The highest BCUT2D eigenvalue weighted by Crippen LogP contribution is 2.47. The van der Waals surface area contributed by atoms with Crippen LogP contribution in [-0.2, 0) is 0 Å². The van der Waals surface area contributed by atoms with Gasteiger partial charge in [-0.25, -0.2) is 0 Å². The molecule has 0 bridgehead atoms. The zero-order valence-corrected chi connectivity index (χ0v) is 33.1. The molecular formula is C60H40.